The molecule has 0 aromatic heterocycles. The van der Waals surface area contributed by atoms with Crippen LogP contribution in [0.5, 0.6) is 5.75 Å². The highest BCUT2D eigenvalue weighted by Crippen LogP contribution is 2.40. The Labute approximate surface area is 237 Å². The minimum absolute atomic E-state index is 0.0351. The Balaban J connectivity index is 1.96. The number of alkyl halides is 7. The summed E-state index contributed by atoms with van der Waals surface area (Å²) in [5.41, 5.74) is -4.86. The second kappa shape index (κ2) is 12.1. The Morgan fingerprint density at radius 3 is 2.26 bits per heavy atom. The monoisotopic (exact) mass is 620 g/mol. The Kier molecular flexibility index (Phi) is 8.83. The quantitative estimate of drug-likeness (QED) is 0.217. The lowest BCUT2D eigenvalue weighted by molar-refractivity contribution is -0.253. The van der Waals surface area contributed by atoms with E-state index in [4.69, 9.17) is 4.74 Å². The van der Waals surface area contributed by atoms with E-state index >= 15 is 0 Å². The number of hydrogen-bond acceptors (Lipinski definition) is 4. The Hall–Kier alpha value is -4.43. The number of benzene rings is 3. The van der Waals surface area contributed by atoms with E-state index in [1.165, 1.54) is 24.3 Å². The van der Waals surface area contributed by atoms with Crippen molar-refractivity contribution >= 4 is 12.0 Å². The molecule has 1 fully saturated rings. The molecule has 2 amide bonds. The Morgan fingerprint density at radius 1 is 0.953 bits per heavy atom. The third-order valence-corrected chi connectivity index (χ3v) is 6.52. The summed E-state index contributed by atoms with van der Waals surface area (Å²) in [6, 6.07) is 8.41. The molecule has 0 saturated carbocycles. The van der Waals surface area contributed by atoms with Gasteiger partial charge in [0.2, 0.25) is 0 Å². The molecular formula is C28H21F9N2O4. The SMILES string of the molecule is O=C(NC1CCOC1=O)NC(Cc1ccccc1)(c1cc(F)cc(OC(F)(F)C(F)F)c1)c1ccc(F)c(C(F)(F)F)c1. The number of urea groups is 1. The van der Waals surface area contributed by atoms with Gasteiger partial charge in [-0.25, -0.2) is 18.4 Å². The maximum Gasteiger partial charge on any atom is 0.461 e. The molecule has 1 aliphatic heterocycles. The highest BCUT2D eigenvalue weighted by atomic mass is 19.4. The van der Waals surface area contributed by atoms with Crippen molar-refractivity contribution in [2.24, 2.45) is 0 Å². The first kappa shape index (κ1) is 31.5. The minimum Gasteiger partial charge on any atom is -0.464 e. The average Bonchev–Trinajstić information content (AvgIpc) is 3.31. The van der Waals surface area contributed by atoms with Crippen LogP contribution in [0.1, 0.15) is 28.7 Å². The summed E-state index contributed by atoms with van der Waals surface area (Å²) in [5.74, 6) is -5.02. The molecule has 0 radical (unpaired) electrons. The van der Waals surface area contributed by atoms with Crippen LogP contribution in [0.15, 0.2) is 66.7 Å². The van der Waals surface area contributed by atoms with Crippen LogP contribution >= 0.6 is 0 Å². The van der Waals surface area contributed by atoms with Crippen LogP contribution in [-0.4, -0.2) is 37.2 Å². The third-order valence-electron chi connectivity index (χ3n) is 6.52. The predicted molar refractivity (Wildman–Crippen MR) is 131 cm³/mol. The third kappa shape index (κ3) is 7.14. The van der Waals surface area contributed by atoms with E-state index in [2.05, 4.69) is 15.4 Å². The second-order valence-corrected chi connectivity index (χ2v) is 9.51. The molecule has 0 aliphatic carbocycles. The largest absolute Gasteiger partial charge is 0.464 e. The summed E-state index contributed by atoms with van der Waals surface area (Å²) in [4.78, 5) is 25.2. The Bertz CT molecular complexity index is 1480. The number of amides is 2. The van der Waals surface area contributed by atoms with Gasteiger partial charge in [-0.2, -0.15) is 30.7 Å². The van der Waals surface area contributed by atoms with Crippen LogP contribution in [0.3, 0.4) is 0 Å². The number of rotatable bonds is 9. The van der Waals surface area contributed by atoms with Crippen molar-refractivity contribution in [3.63, 3.8) is 0 Å². The van der Waals surface area contributed by atoms with Crippen molar-refractivity contribution in [1.29, 1.82) is 0 Å². The zero-order chi connectivity index (χ0) is 31.6. The number of halogens is 9. The lowest BCUT2D eigenvalue weighted by atomic mass is 9.77. The lowest BCUT2D eigenvalue weighted by Crippen LogP contribution is -2.54. The van der Waals surface area contributed by atoms with E-state index in [1.807, 2.05) is 0 Å². The van der Waals surface area contributed by atoms with Crippen molar-refractivity contribution in [1.82, 2.24) is 10.6 Å². The predicted octanol–water partition coefficient (Wildman–Crippen LogP) is 6.32. The summed E-state index contributed by atoms with van der Waals surface area (Å²) in [6.45, 7) is -0.0468. The summed E-state index contributed by atoms with van der Waals surface area (Å²) >= 11 is 0. The number of esters is 1. The number of carbonyl (C=O) groups is 2. The number of carbonyl (C=O) groups excluding carboxylic acids is 2. The number of nitrogens with one attached hydrogen (secondary N) is 2. The van der Waals surface area contributed by atoms with Crippen LogP contribution in [0.4, 0.5) is 44.3 Å². The average molecular weight is 620 g/mol. The zero-order valence-electron chi connectivity index (χ0n) is 21.7. The first-order valence-electron chi connectivity index (χ1n) is 12.4. The van der Waals surface area contributed by atoms with E-state index in [0.29, 0.717) is 35.9 Å². The summed E-state index contributed by atoms with van der Waals surface area (Å²) in [5, 5.41) is 4.67. The van der Waals surface area contributed by atoms with Gasteiger partial charge in [-0.1, -0.05) is 36.4 Å². The van der Waals surface area contributed by atoms with Crippen LogP contribution in [0.25, 0.3) is 0 Å². The van der Waals surface area contributed by atoms with E-state index in [-0.39, 0.29) is 13.0 Å². The van der Waals surface area contributed by atoms with Crippen LogP contribution in [-0.2, 0) is 27.7 Å². The molecule has 2 N–H and O–H groups in total. The number of ether oxygens (including phenoxy) is 2. The topological polar surface area (TPSA) is 76.7 Å². The van der Waals surface area contributed by atoms with Gasteiger partial charge in [0.05, 0.1) is 17.7 Å². The van der Waals surface area contributed by atoms with Gasteiger partial charge in [0.1, 0.15) is 23.4 Å². The van der Waals surface area contributed by atoms with Gasteiger partial charge in [-0.15, -0.1) is 0 Å². The molecule has 3 aromatic carbocycles. The number of hydrogen-bond donors (Lipinski definition) is 2. The fourth-order valence-electron chi connectivity index (χ4n) is 4.55. The molecule has 6 nitrogen and oxygen atoms in total. The molecule has 1 aliphatic rings. The van der Waals surface area contributed by atoms with Gasteiger partial charge in [-0.3, -0.25) is 0 Å². The summed E-state index contributed by atoms with van der Waals surface area (Å²) < 4.78 is 133. The van der Waals surface area contributed by atoms with Gasteiger partial charge in [0.25, 0.3) is 0 Å². The molecule has 3 aromatic rings. The molecule has 2 atom stereocenters. The van der Waals surface area contributed by atoms with Gasteiger partial charge in [-0.05, 0) is 41.0 Å². The number of cyclic esters (lactones) is 1. The first-order chi connectivity index (χ1) is 20.1. The standard InChI is InChI=1S/C28H21F9N2O4/c29-18-10-17(11-19(13-18)43-28(36,37)24(31)32)26(14-15-4-2-1-3-5-15,39-25(41)38-22-8-9-42-23(22)40)16-6-7-21(30)20(12-16)27(33,34)35/h1-7,10-13,22,24H,8-9,14H2,(H2,38,39,41). The van der Waals surface area contributed by atoms with Crippen molar-refractivity contribution in [2.45, 2.75) is 43.1 Å². The highest BCUT2D eigenvalue weighted by Gasteiger charge is 2.45. The van der Waals surface area contributed by atoms with E-state index in [1.54, 1.807) is 6.07 Å². The smallest absolute Gasteiger partial charge is 0.461 e. The normalized spacial score (nSPS) is 16.9. The first-order valence-corrected chi connectivity index (χ1v) is 12.4. The molecule has 43 heavy (non-hydrogen) atoms. The van der Waals surface area contributed by atoms with Gasteiger partial charge >= 0.3 is 30.7 Å². The zero-order valence-corrected chi connectivity index (χ0v) is 21.7. The molecule has 2 unspecified atom stereocenters. The molecule has 0 spiro atoms. The second-order valence-electron chi connectivity index (χ2n) is 9.51. The van der Waals surface area contributed by atoms with Gasteiger partial charge in [0.15, 0.2) is 0 Å². The van der Waals surface area contributed by atoms with Crippen LogP contribution < -0.4 is 15.4 Å². The summed E-state index contributed by atoms with van der Waals surface area (Å²) in [6.07, 6.45) is -15.2. The molecule has 0 bridgehead atoms. The minimum atomic E-state index is -5.25. The van der Waals surface area contributed by atoms with Crippen molar-refractivity contribution in [3.8, 4) is 5.75 Å². The maximum atomic E-state index is 14.9. The Morgan fingerprint density at radius 2 is 1.65 bits per heavy atom. The fourth-order valence-corrected chi connectivity index (χ4v) is 4.55. The van der Waals surface area contributed by atoms with E-state index in [0.717, 1.165) is 6.07 Å². The van der Waals surface area contributed by atoms with Crippen molar-refractivity contribution in [2.75, 3.05) is 6.61 Å². The van der Waals surface area contributed by atoms with Gasteiger partial charge in [0, 0.05) is 18.9 Å². The van der Waals surface area contributed by atoms with Crippen LogP contribution in [0, 0.1) is 11.6 Å². The highest BCUT2D eigenvalue weighted by molar-refractivity contribution is 5.85. The molecule has 230 valence electrons. The fraction of sp³-hybridized carbons (Fsp3) is 0.286. The van der Waals surface area contributed by atoms with Crippen molar-refractivity contribution in [3.05, 3.63) is 101 Å². The van der Waals surface area contributed by atoms with Gasteiger partial charge < -0.3 is 20.1 Å². The molecular weight excluding hydrogens is 599 g/mol. The molecule has 1 saturated heterocycles. The van der Waals surface area contributed by atoms with E-state index in [9.17, 15) is 49.1 Å². The summed E-state index contributed by atoms with van der Waals surface area (Å²) in [7, 11) is 0. The van der Waals surface area contributed by atoms with Crippen molar-refractivity contribution < 1.29 is 58.6 Å². The molecule has 1 heterocycles. The molecule has 4 rings (SSSR count). The maximum absolute atomic E-state index is 14.9. The van der Waals surface area contributed by atoms with E-state index < -0.39 is 82.8 Å². The molecule has 15 heteroatoms. The van der Waals surface area contributed by atoms with Crippen LogP contribution in [0.2, 0.25) is 0 Å². The lowest BCUT2D eigenvalue weighted by Gasteiger charge is -2.37.